The Morgan fingerprint density at radius 3 is 2.24 bits per heavy atom. The number of rotatable bonds is 3. The molecular weight excluding hydrogens is 216 g/mol. The van der Waals surface area contributed by atoms with Crippen LogP contribution < -0.4 is 5.84 Å². The number of ether oxygens (including phenoxy) is 1. The Kier molecular flexibility index (Phi) is 7.43. The van der Waals surface area contributed by atoms with E-state index in [-0.39, 0.29) is 5.41 Å². The molecular formula is C13H20N2O2. The van der Waals surface area contributed by atoms with Gasteiger partial charge in [-0.1, -0.05) is 51.1 Å². The van der Waals surface area contributed by atoms with E-state index in [1.54, 1.807) is 6.21 Å². The summed E-state index contributed by atoms with van der Waals surface area (Å²) < 4.78 is 4.54. The summed E-state index contributed by atoms with van der Waals surface area (Å²) in [5.74, 6) is 4.88. The largest absolute Gasteiger partial charge is 0.463 e. The summed E-state index contributed by atoms with van der Waals surface area (Å²) in [7, 11) is 0. The highest BCUT2D eigenvalue weighted by Gasteiger charge is 2.03. The lowest BCUT2D eigenvalue weighted by molar-refractivity contribution is -0.129. The second kappa shape index (κ2) is 8.33. The van der Waals surface area contributed by atoms with E-state index in [0.717, 1.165) is 5.56 Å². The van der Waals surface area contributed by atoms with Crippen molar-refractivity contribution in [3.8, 4) is 0 Å². The smallest absolute Gasteiger partial charge is 0.293 e. The molecule has 0 aliphatic rings. The van der Waals surface area contributed by atoms with Crippen molar-refractivity contribution in [3.05, 3.63) is 35.9 Å². The Hall–Kier alpha value is -1.84. The lowest BCUT2D eigenvalue weighted by Gasteiger charge is -2.07. The van der Waals surface area contributed by atoms with Crippen molar-refractivity contribution in [1.82, 2.24) is 0 Å². The topological polar surface area (TPSA) is 64.7 Å². The fourth-order valence-electron chi connectivity index (χ4n) is 0.928. The molecule has 1 aromatic carbocycles. The zero-order chi connectivity index (χ0) is 13.1. The van der Waals surface area contributed by atoms with E-state index in [0.29, 0.717) is 13.1 Å². The summed E-state index contributed by atoms with van der Waals surface area (Å²) >= 11 is 0. The van der Waals surface area contributed by atoms with Crippen LogP contribution in [0.25, 0.3) is 0 Å². The molecule has 0 unspecified atom stereocenters. The van der Waals surface area contributed by atoms with Crippen LogP contribution in [0.1, 0.15) is 26.3 Å². The molecule has 0 aliphatic heterocycles. The average molecular weight is 236 g/mol. The van der Waals surface area contributed by atoms with Crippen LogP contribution in [0.5, 0.6) is 0 Å². The van der Waals surface area contributed by atoms with Crippen LogP contribution in [0.4, 0.5) is 0 Å². The molecule has 2 N–H and O–H groups in total. The third kappa shape index (κ3) is 10.4. The highest BCUT2D eigenvalue weighted by molar-refractivity contribution is 5.63. The van der Waals surface area contributed by atoms with E-state index in [1.807, 2.05) is 51.1 Å². The molecule has 0 bridgehead atoms. The molecule has 0 amide bonds. The molecule has 0 aromatic heterocycles. The molecule has 4 heteroatoms. The van der Waals surface area contributed by atoms with Crippen molar-refractivity contribution in [3.63, 3.8) is 0 Å². The molecule has 0 saturated carbocycles. The second-order valence-corrected chi connectivity index (χ2v) is 4.54. The van der Waals surface area contributed by atoms with Gasteiger partial charge >= 0.3 is 0 Å². The number of benzene rings is 1. The number of hydrogen-bond acceptors (Lipinski definition) is 4. The minimum Gasteiger partial charge on any atom is -0.463 e. The first kappa shape index (κ1) is 15.2. The predicted octanol–water partition coefficient (Wildman–Crippen LogP) is 2.34. The van der Waals surface area contributed by atoms with Crippen LogP contribution in [0, 0.1) is 5.41 Å². The van der Waals surface area contributed by atoms with E-state index in [1.165, 1.54) is 0 Å². The van der Waals surface area contributed by atoms with Crippen molar-refractivity contribution in [1.29, 1.82) is 0 Å². The summed E-state index contributed by atoms with van der Waals surface area (Å²) in [5, 5.41) is 3.38. The van der Waals surface area contributed by atoms with Gasteiger partial charge in [0.25, 0.3) is 6.47 Å². The molecule has 4 nitrogen and oxygen atoms in total. The van der Waals surface area contributed by atoms with Crippen molar-refractivity contribution >= 4 is 12.7 Å². The van der Waals surface area contributed by atoms with Gasteiger partial charge in [-0.15, -0.1) is 0 Å². The molecule has 0 fully saturated rings. The number of nitrogens with two attached hydrogens (primary N) is 1. The maximum absolute atomic E-state index is 9.76. The van der Waals surface area contributed by atoms with Gasteiger partial charge in [0.15, 0.2) is 0 Å². The molecule has 0 saturated heterocycles. The number of hydrazone groups is 1. The van der Waals surface area contributed by atoms with Crippen LogP contribution in [0.3, 0.4) is 0 Å². The summed E-state index contributed by atoms with van der Waals surface area (Å²) in [5.41, 5.74) is 1.14. The van der Waals surface area contributed by atoms with Gasteiger partial charge in [-0.2, -0.15) is 5.10 Å². The van der Waals surface area contributed by atoms with Crippen molar-refractivity contribution < 1.29 is 9.53 Å². The van der Waals surface area contributed by atoms with E-state index in [4.69, 9.17) is 5.84 Å². The molecule has 0 heterocycles. The van der Waals surface area contributed by atoms with Crippen LogP contribution in [0.2, 0.25) is 0 Å². The second-order valence-electron chi connectivity index (χ2n) is 4.54. The summed E-state index contributed by atoms with van der Waals surface area (Å²) in [4.78, 5) is 9.76. The van der Waals surface area contributed by atoms with Gasteiger partial charge in [-0.05, 0) is 11.0 Å². The summed E-state index contributed by atoms with van der Waals surface area (Å²) in [6.45, 7) is 6.95. The van der Waals surface area contributed by atoms with E-state index in [9.17, 15) is 4.79 Å². The van der Waals surface area contributed by atoms with E-state index < -0.39 is 0 Å². The molecule has 0 atom stereocenters. The van der Waals surface area contributed by atoms with Crippen molar-refractivity contribution in [2.24, 2.45) is 16.4 Å². The zero-order valence-electron chi connectivity index (χ0n) is 10.6. The van der Waals surface area contributed by atoms with Crippen LogP contribution in [-0.2, 0) is 16.1 Å². The Morgan fingerprint density at radius 2 is 1.88 bits per heavy atom. The first-order valence-corrected chi connectivity index (χ1v) is 5.33. The maximum atomic E-state index is 9.76. The first-order valence-electron chi connectivity index (χ1n) is 5.33. The first-order chi connectivity index (χ1) is 7.99. The average Bonchev–Trinajstić information content (AvgIpc) is 2.27. The highest BCUT2D eigenvalue weighted by Crippen LogP contribution is 2.06. The molecule has 0 spiro atoms. The normalized spacial score (nSPS) is 10.5. The number of nitrogens with zero attached hydrogens (tertiary/aromatic N) is 1. The minimum atomic E-state index is 0.134. The summed E-state index contributed by atoms with van der Waals surface area (Å²) in [6.07, 6.45) is 1.72. The minimum absolute atomic E-state index is 0.134. The Bertz CT molecular complexity index is 329. The molecule has 17 heavy (non-hydrogen) atoms. The van der Waals surface area contributed by atoms with Crippen LogP contribution in [-0.4, -0.2) is 12.7 Å². The van der Waals surface area contributed by atoms with Gasteiger partial charge in [0.2, 0.25) is 0 Å². The van der Waals surface area contributed by atoms with Crippen LogP contribution >= 0.6 is 0 Å². The third-order valence-electron chi connectivity index (χ3n) is 1.62. The SMILES string of the molecule is CC(C)(C)/C=N/N.O=COCc1ccccc1. The highest BCUT2D eigenvalue weighted by atomic mass is 16.5. The lowest BCUT2D eigenvalue weighted by Crippen LogP contribution is -2.07. The molecule has 1 rings (SSSR count). The Morgan fingerprint density at radius 1 is 1.29 bits per heavy atom. The Labute approximate surface area is 102 Å². The monoisotopic (exact) mass is 236 g/mol. The molecule has 0 aliphatic carbocycles. The van der Waals surface area contributed by atoms with Gasteiger partial charge < -0.3 is 10.6 Å². The van der Waals surface area contributed by atoms with Gasteiger partial charge in [0, 0.05) is 6.21 Å². The third-order valence-corrected chi connectivity index (χ3v) is 1.62. The standard InChI is InChI=1S/C8H8O2.C5H12N2/c9-7-10-6-8-4-2-1-3-5-8;1-5(2,3)4-7-6/h1-5,7H,6H2;4H,6H2,1-3H3/b;7-4+. The number of hydrogen-bond donors (Lipinski definition) is 1. The maximum Gasteiger partial charge on any atom is 0.293 e. The predicted molar refractivity (Wildman–Crippen MR) is 69.4 cm³/mol. The van der Waals surface area contributed by atoms with Crippen molar-refractivity contribution in [2.75, 3.05) is 0 Å². The summed E-state index contributed by atoms with van der Waals surface area (Å²) in [6, 6.07) is 9.55. The zero-order valence-corrected chi connectivity index (χ0v) is 10.6. The lowest BCUT2D eigenvalue weighted by atomic mass is 9.99. The fraction of sp³-hybridized carbons (Fsp3) is 0.385. The molecule has 0 radical (unpaired) electrons. The van der Waals surface area contributed by atoms with Gasteiger partial charge in [-0.3, -0.25) is 4.79 Å². The van der Waals surface area contributed by atoms with Gasteiger partial charge in [0.05, 0.1) is 0 Å². The van der Waals surface area contributed by atoms with Gasteiger partial charge in [-0.25, -0.2) is 0 Å². The van der Waals surface area contributed by atoms with E-state index in [2.05, 4.69) is 9.84 Å². The van der Waals surface area contributed by atoms with Gasteiger partial charge in [0.1, 0.15) is 6.61 Å². The van der Waals surface area contributed by atoms with E-state index >= 15 is 0 Å². The van der Waals surface area contributed by atoms with Crippen LogP contribution in [0.15, 0.2) is 35.4 Å². The van der Waals surface area contributed by atoms with Crippen molar-refractivity contribution in [2.45, 2.75) is 27.4 Å². The molecule has 1 aromatic rings. The quantitative estimate of drug-likeness (QED) is 0.379. The number of carbonyl (C=O) groups is 1. The molecule has 94 valence electrons. The number of carbonyl (C=O) groups excluding carboxylic acids is 1. The fourth-order valence-corrected chi connectivity index (χ4v) is 0.928. The Balaban J connectivity index is 0.000000325.